The van der Waals surface area contributed by atoms with Gasteiger partial charge in [0.25, 0.3) is 0 Å². The highest BCUT2D eigenvalue weighted by Gasteiger charge is 1.99. The lowest BCUT2D eigenvalue weighted by Gasteiger charge is -1.84. The minimum Gasteiger partial charge on any atom is -0.360 e. The number of rotatable bonds is 0. The van der Waals surface area contributed by atoms with Gasteiger partial charge in [-0.3, -0.25) is 0 Å². The van der Waals surface area contributed by atoms with Crippen molar-refractivity contribution in [1.82, 2.24) is 4.98 Å². The number of hydrogen-bond acceptors (Lipinski definition) is 1. The number of aromatic nitrogens is 1. The topological polar surface area (TPSA) is 39.6 Å². The Morgan fingerprint density at radius 2 is 2.45 bits per heavy atom. The van der Waals surface area contributed by atoms with E-state index in [0.717, 1.165) is 10.9 Å². The molecule has 0 aliphatic heterocycles. The molecule has 2 heteroatoms. The lowest BCUT2D eigenvalue weighted by molar-refractivity contribution is 1.45. The Balaban J connectivity index is 2.89. The van der Waals surface area contributed by atoms with Crippen LogP contribution >= 0.6 is 0 Å². The van der Waals surface area contributed by atoms with Gasteiger partial charge in [-0.2, -0.15) is 5.26 Å². The first kappa shape index (κ1) is 5.99. The number of benzene rings is 1. The third-order valence-electron chi connectivity index (χ3n) is 1.62. The van der Waals surface area contributed by atoms with Gasteiger partial charge in [0, 0.05) is 17.1 Å². The molecule has 0 fully saturated rings. The second kappa shape index (κ2) is 2.14. The van der Waals surface area contributed by atoms with Gasteiger partial charge in [0.1, 0.15) is 6.07 Å². The highest BCUT2D eigenvalue weighted by atomic mass is 14.7. The minimum atomic E-state index is 0.653. The van der Waals surface area contributed by atoms with Crippen LogP contribution in [0.4, 0.5) is 0 Å². The number of nitrogens with zero attached hydrogens (tertiary/aromatic N) is 1. The molecular formula is C9H5N2. The van der Waals surface area contributed by atoms with E-state index < -0.39 is 0 Å². The molecule has 0 saturated carbocycles. The lowest BCUT2D eigenvalue weighted by atomic mass is 10.2. The van der Waals surface area contributed by atoms with Crippen LogP contribution in [0.2, 0.25) is 0 Å². The summed E-state index contributed by atoms with van der Waals surface area (Å²) < 4.78 is 0. The van der Waals surface area contributed by atoms with Crippen LogP contribution in [0.5, 0.6) is 0 Å². The summed E-state index contributed by atoms with van der Waals surface area (Å²) >= 11 is 0. The molecule has 0 aliphatic rings. The van der Waals surface area contributed by atoms with Gasteiger partial charge in [-0.25, -0.2) is 0 Å². The lowest BCUT2D eigenvalue weighted by Crippen LogP contribution is -1.67. The molecule has 0 spiro atoms. The van der Waals surface area contributed by atoms with Gasteiger partial charge < -0.3 is 4.98 Å². The summed E-state index contributed by atoms with van der Waals surface area (Å²) in [6, 6.07) is 10.7. The third kappa shape index (κ3) is 0.786. The molecule has 1 radical (unpaired) electrons. The highest BCUT2D eigenvalue weighted by molar-refractivity contribution is 5.84. The Hall–Kier alpha value is -1.75. The third-order valence-corrected chi connectivity index (χ3v) is 1.62. The van der Waals surface area contributed by atoms with Crippen molar-refractivity contribution < 1.29 is 0 Å². The number of aromatic amines is 1. The standard InChI is InChI=1S/C9H5N2/c10-5-7-6-11-9-4-2-1-3-8(7)9/h1-2,4,6,11H. The van der Waals surface area contributed by atoms with E-state index in [-0.39, 0.29) is 0 Å². The zero-order chi connectivity index (χ0) is 7.68. The summed E-state index contributed by atoms with van der Waals surface area (Å²) in [5, 5.41) is 9.50. The highest BCUT2D eigenvalue weighted by Crippen LogP contribution is 2.15. The molecule has 0 aliphatic carbocycles. The number of hydrogen-bond donors (Lipinski definition) is 1. The smallest absolute Gasteiger partial charge is 0.101 e. The average Bonchev–Trinajstić information content (AvgIpc) is 2.47. The number of fused-ring (bicyclic) bond motifs is 1. The molecule has 0 amide bonds. The van der Waals surface area contributed by atoms with Gasteiger partial charge in [-0.15, -0.1) is 0 Å². The zero-order valence-corrected chi connectivity index (χ0v) is 5.76. The van der Waals surface area contributed by atoms with E-state index in [2.05, 4.69) is 17.1 Å². The van der Waals surface area contributed by atoms with Gasteiger partial charge in [0.2, 0.25) is 0 Å². The zero-order valence-electron chi connectivity index (χ0n) is 5.76. The van der Waals surface area contributed by atoms with E-state index in [1.54, 1.807) is 12.3 Å². The van der Waals surface area contributed by atoms with E-state index >= 15 is 0 Å². The fraction of sp³-hybridized carbons (Fsp3) is 0. The van der Waals surface area contributed by atoms with Crippen molar-refractivity contribution in [1.29, 1.82) is 5.26 Å². The van der Waals surface area contributed by atoms with Gasteiger partial charge in [0.05, 0.1) is 5.56 Å². The Kier molecular flexibility index (Phi) is 1.16. The summed E-state index contributed by atoms with van der Waals surface area (Å²) in [5.41, 5.74) is 1.62. The Morgan fingerprint density at radius 3 is 3.27 bits per heavy atom. The minimum absolute atomic E-state index is 0.653. The molecule has 2 nitrogen and oxygen atoms in total. The fourth-order valence-electron chi connectivity index (χ4n) is 1.09. The Morgan fingerprint density at radius 1 is 1.55 bits per heavy atom. The molecule has 0 atom stereocenters. The predicted octanol–water partition coefficient (Wildman–Crippen LogP) is 1.84. The molecule has 1 N–H and O–H groups in total. The van der Waals surface area contributed by atoms with Crippen molar-refractivity contribution in [3.05, 3.63) is 36.0 Å². The molecule has 1 aromatic heterocycles. The second-order valence-corrected chi connectivity index (χ2v) is 2.27. The summed E-state index contributed by atoms with van der Waals surface area (Å²) in [7, 11) is 0. The van der Waals surface area contributed by atoms with Crippen LogP contribution in [-0.4, -0.2) is 4.98 Å². The van der Waals surface area contributed by atoms with Crippen molar-refractivity contribution in [2.75, 3.05) is 0 Å². The van der Waals surface area contributed by atoms with Crippen LogP contribution < -0.4 is 0 Å². The maximum absolute atomic E-state index is 8.63. The van der Waals surface area contributed by atoms with Crippen molar-refractivity contribution in [3.63, 3.8) is 0 Å². The maximum Gasteiger partial charge on any atom is 0.101 e. The monoisotopic (exact) mass is 141 g/mol. The van der Waals surface area contributed by atoms with Crippen molar-refractivity contribution in [2.45, 2.75) is 0 Å². The molecule has 51 valence electrons. The van der Waals surface area contributed by atoms with Crippen LogP contribution in [0.3, 0.4) is 0 Å². The van der Waals surface area contributed by atoms with Gasteiger partial charge in [0.15, 0.2) is 0 Å². The van der Waals surface area contributed by atoms with E-state index in [1.165, 1.54) is 0 Å². The largest absolute Gasteiger partial charge is 0.360 e. The van der Waals surface area contributed by atoms with Gasteiger partial charge >= 0.3 is 0 Å². The molecule has 2 aromatic rings. The molecule has 0 unspecified atom stereocenters. The van der Waals surface area contributed by atoms with E-state index in [1.807, 2.05) is 12.1 Å². The summed E-state index contributed by atoms with van der Waals surface area (Å²) in [6.07, 6.45) is 1.70. The summed E-state index contributed by atoms with van der Waals surface area (Å²) in [6.45, 7) is 0. The van der Waals surface area contributed by atoms with E-state index in [0.29, 0.717) is 5.56 Å². The van der Waals surface area contributed by atoms with Crippen LogP contribution in [0, 0.1) is 17.4 Å². The van der Waals surface area contributed by atoms with Crippen LogP contribution in [-0.2, 0) is 0 Å². The SMILES string of the molecule is N#Cc1c[nH]c2ccc[c]c12. The fourth-order valence-corrected chi connectivity index (χ4v) is 1.09. The van der Waals surface area contributed by atoms with Crippen molar-refractivity contribution in [3.8, 4) is 6.07 Å². The Labute approximate surface area is 64.1 Å². The molecule has 1 aromatic carbocycles. The first-order chi connectivity index (χ1) is 5.42. The normalized spacial score (nSPS) is 9.73. The summed E-state index contributed by atoms with van der Waals surface area (Å²) in [4.78, 5) is 2.99. The number of nitrogens with one attached hydrogen (secondary N) is 1. The number of H-pyrrole nitrogens is 1. The van der Waals surface area contributed by atoms with Crippen molar-refractivity contribution >= 4 is 10.9 Å². The summed E-state index contributed by atoms with van der Waals surface area (Å²) in [5.74, 6) is 0. The molecule has 1 heterocycles. The first-order valence-corrected chi connectivity index (χ1v) is 3.29. The molecule has 2 rings (SSSR count). The quantitative estimate of drug-likeness (QED) is 0.597. The number of nitriles is 1. The van der Waals surface area contributed by atoms with E-state index in [9.17, 15) is 0 Å². The average molecular weight is 141 g/mol. The second-order valence-electron chi connectivity index (χ2n) is 2.27. The molecule has 11 heavy (non-hydrogen) atoms. The van der Waals surface area contributed by atoms with Gasteiger partial charge in [-0.1, -0.05) is 12.1 Å². The first-order valence-electron chi connectivity index (χ1n) is 3.29. The Bertz CT molecular complexity index is 420. The molecular weight excluding hydrogens is 136 g/mol. The van der Waals surface area contributed by atoms with Crippen LogP contribution in [0.25, 0.3) is 10.9 Å². The van der Waals surface area contributed by atoms with Crippen LogP contribution in [0.15, 0.2) is 24.4 Å². The predicted molar refractivity (Wildman–Crippen MR) is 41.8 cm³/mol. The maximum atomic E-state index is 8.63. The van der Waals surface area contributed by atoms with Crippen LogP contribution in [0.1, 0.15) is 5.56 Å². The van der Waals surface area contributed by atoms with Crippen molar-refractivity contribution in [2.24, 2.45) is 0 Å². The molecule has 0 saturated heterocycles. The van der Waals surface area contributed by atoms with E-state index in [4.69, 9.17) is 5.26 Å². The van der Waals surface area contributed by atoms with Gasteiger partial charge in [-0.05, 0) is 12.1 Å². The molecule has 0 bridgehead atoms.